The Labute approximate surface area is 181 Å². The Balaban J connectivity index is 1.33. The summed E-state index contributed by atoms with van der Waals surface area (Å²) >= 11 is 0. The summed E-state index contributed by atoms with van der Waals surface area (Å²) in [6.45, 7) is 6.84. The average Bonchev–Trinajstić information content (AvgIpc) is 2.71. The fourth-order valence-corrected chi connectivity index (χ4v) is 5.79. The predicted octanol–water partition coefficient (Wildman–Crippen LogP) is 1.19. The molecule has 1 saturated heterocycles. The highest BCUT2D eigenvalue weighted by atomic mass is 16.2. The number of anilines is 2. The van der Waals surface area contributed by atoms with Gasteiger partial charge in [0, 0.05) is 45.5 Å². The minimum atomic E-state index is -0.178. The number of carbonyl (C=O) groups is 1. The van der Waals surface area contributed by atoms with Crippen molar-refractivity contribution < 1.29 is 4.79 Å². The van der Waals surface area contributed by atoms with Gasteiger partial charge in [0.15, 0.2) is 0 Å². The summed E-state index contributed by atoms with van der Waals surface area (Å²) in [7, 11) is 0. The predicted molar refractivity (Wildman–Crippen MR) is 120 cm³/mol. The summed E-state index contributed by atoms with van der Waals surface area (Å²) in [6.07, 6.45) is 6.48. The van der Waals surface area contributed by atoms with Crippen molar-refractivity contribution in [1.82, 2.24) is 24.8 Å². The molecule has 3 aliphatic carbocycles. The molecule has 0 atom stereocenters. The lowest BCUT2D eigenvalue weighted by Gasteiger charge is -2.70. The van der Waals surface area contributed by atoms with Crippen LogP contribution in [0, 0.1) is 10.8 Å². The number of nitrogens with zero attached hydrogens (tertiary/aromatic N) is 4. The van der Waals surface area contributed by atoms with Crippen LogP contribution in [0.5, 0.6) is 0 Å². The van der Waals surface area contributed by atoms with Gasteiger partial charge in [-0.1, -0.05) is 13.3 Å². The Morgan fingerprint density at radius 3 is 2.71 bits per heavy atom. The number of rotatable bonds is 7. The van der Waals surface area contributed by atoms with Gasteiger partial charge in [0.25, 0.3) is 5.56 Å². The van der Waals surface area contributed by atoms with Gasteiger partial charge >= 0.3 is 0 Å². The van der Waals surface area contributed by atoms with E-state index in [2.05, 4.69) is 27.5 Å². The molecule has 9 heteroatoms. The van der Waals surface area contributed by atoms with Crippen LogP contribution in [0.1, 0.15) is 39.0 Å². The van der Waals surface area contributed by atoms with Gasteiger partial charge in [-0.15, -0.1) is 0 Å². The lowest BCUT2D eigenvalue weighted by molar-refractivity contribution is -0.221. The molecule has 166 valence electrons. The highest BCUT2D eigenvalue weighted by Gasteiger charge is 2.71. The summed E-state index contributed by atoms with van der Waals surface area (Å²) < 4.78 is 1.77. The number of hydrogen-bond acceptors (Lipinski definition) is 7. The van der Waals surface area contributed by atoms with Crippen molar-refractivity contribution in [2.24, 2.45) is 10.8 Å². The molecule has 6 rings (SSSR count). The number of nitrogen functional groups attached to an aromatic ring is 1. The van der Waals surface area contributed by atoms with Crippen molar-refractivity contribution in [3.8, 4) is 0 Å². The van der Waals surface area contributed by atoms with E-state index in [1.807, 2.05) is 11.0 Å². The van der Waals surface area contributed by atoms with E-state index < -0.39 is 0 Å². The number of amides is 1. The first-order valence-electron chi connectivity index (χ1n) is 11.4. The van der Waals surface area contributed by atoms with Crippen LogP contribution in [0.15, 0.2) is 17.1 Å². The zero-order valence-corrected chi connectivity index (χ0v) is 18.1. The minimum absolute atomic E-state index is 0.0612. The fourth-order valence-electron chi connectivity index (χ4n) is 5.79. The zero-order valence-electron chi connectivity index (χ0n) is 18.1. The normalized spacial score (nSPS) is 26.9. The Morgan fingerprint density at radius 2 is 2.00 bits per heavy atom. The maximum Gasteiger partial charge on any atom is 0.263 e. The molecule has 3 heterocycles. The highest BCUT2D eigenvalue weighted by Crippen LogP contribution is 2.74. The highest BCUT2D eigenvalue weighted by molar-refractivity contribution is 5.89. The molecule has 3 saturated carbocycles. The van der Waals surface area contributed by atoms with Crippen LogP contribution in [-0.2, 0) is 11.3 Å². The van der Waals surface area contributed by atoms with Crippen LogP contribution in [0.4, 0.5) is 11.8 Å². The van der Waals surface area contributed by atoms with Gasteiger partial charge in [-0.25, -0.2) is 4.98 Å². The molecule has 31 heavy (non-hydrogen) atoms. The Bertz CT molecular complexity index is 1050. The smallest absolute Gasteiger partial charge is 0.263 e. The number of nitrogens with one attached hydrogen (secondary N) is 2. The summed E-state index contributed by atoms with van der Waals surface area (Å²) in [5.41, 5.74) is 6.20. The topological polar surface area (TPSA) is 118 Å². The number of pyridine rings is 1. The molecule has 4 aliphatic rings. The maximum absolute atomic E-state index is 13.3. The van der Waals surface area contributed by atoms with Gasteiger partial charge in [0.05, 0.1) is 10.9 Å². The second-order valence-corrected chi connectivity index (χ2v) is 9.57. The number of hydrogen-bond donors (Lipinski definition) is 3. The molecular formula is C22H31N7O2. The van der Waals surface area contributed by atoms with Gasteiger partial charge in [0.2, 0.25) is 11.9 Å². The lowest BCUT2D eigenvalue weighted by atomic mass is 9.34. The molecule has 0 radical (unpaired) electrons. The lowest BCUT2D eigenvalue weighted by Crippen LogP contribution is -2.70. The summed E-state index contributed by atoms with van der Waals surface area (Å²) in [5.74, 6) is 0.989. The SMILES string of the molecule is CCCCNc1nc(N)nc2ccn(CC34CC(C(=O)N5CCNCC5)(C3)C4)c(=O)c12. The molecule has 4 N–H and O–H groups in total. The van der Waals surface area contributed by atoms with Crippen LogP contribution in [-0.4, -0.2) is 58.1 Å². The van der Waals surface area contributed by atoms with E-state index in [9.17, 15) is 9.59 Å². The third kappa shape index (κ3) is 3.35. The van der Waals surface area contributed by atoms with Crippen LogP contribution in [0.3, 0.4) is 0 Å². The van der Waals surface area contributed by atoms with Crippen molar-refractivity contribution in [2.75, 3.05) is 43.8 Å². The largest absolute Gasteiger partial charge is 0.369 e. The second-order valence-electron chi connectivity index (χ2n) is 9.57. The van der Waals surface area contributed by atoms with Crippen molar-refractivity contribution in [1.29, 1.82) is 0 Å². The maximum atomic E-state index is 13.3. The molecule has 0 unspecified atom stereocenters. The molecule has 0 aromatic carbocycles. The van der Waals surface area contributed by atoms with Crippen molar-refractivity contribution in [3.05, 3.63) is 22.6 Å². The molecule has 2 bridgehead atoms. The molecule has 4 fully saturated rings. The Kier molecular flexibility index (Phi) is 4.88. The monoisotopic (exact) mass is 425 g/mol. The molecule has 2 aromatic heterocycles. The molecular weight excluding hydrogens is 394 g/mol. The molecule has 9 nitrogen and oxygen atoms in total. The van der Waals surface area contributed by atoms with Crippen LogP contribution < -0.4 is 21.9 Å². The van der Waals surface area contributed by atoms with Gasteiger partial charge < -0.3 is 25.8 Å². The van der Waals surface area contributed by atoms with E-state index in [-0.39, 0.29) is 22.3 Å². The fraction of sp³-hybridized carbons (Fsp3) is 0.636. The average molecular weight is 426 g/mol. The first kappa shape index (κ1) is 20.2. The third-order valence-electron chi connectivity index (χ3n) is 7.17. The first-order valence-corrected chi connectivity index (χ1v) is 11.4. The molecule has 1 aliphatic heterocycles. The van der Waals surface area contributed by atoms with Crippen LogP contribution >= 0.6 is 0 Å². The number of aromatic nitrogens is 3. The van der Waals surface area contributed by atoms with Gasteiger partial charge in [-0.2, -0.15) is 4.98 Å². The van der Waals surface area contributed by atoms with Gasteiger partial charge in [-0.05, 0) is 37.2 Å². The van der Waals surface area contributed by atoms with Crippen molar-refractivity contribution in [2.45, 2.75) is 45.6 Å². The van der Waals surface area contributed by atoms with Gasteiger partial charge in [0.1, 0.15) is 11.2 Å². The Hall–Kier alpha value is -2.68. The summed E-state index contributed by atoms with van der Waals surface area (Å²) in [5, 5.41) is 7.05. The number of piperazine rings is 1. The van der Waals surface area contributed by atoms with E-state index in [4.69, 9.17) is 5.73 Å². The standard InChI is InChI=1S/C22H31N7O2/c1-2-3-5-25-17-16-15(26-20(23)27-17)4-8-29(18(16)30)14-21-11-22(12-21,13-21)19(31)28-9-6-24-7-10-28/h4,8,24H,2-3,5-7,9-14H2,1H3,(H3,23,25,26,27). The summed E-state index contributed by atoms with van der Waals surface area (Å²) in [4.78, 5) is 36.8. The van der Waals surface area contributed by atoms with Crippen molar-refractivity contribution in [3.63, 3.8) is 0 Å². The van der Waals surface area contributed by atoms with E-state index in [0.717, 1.165) is 64.8 Å². The molecule has 1 amide bonds. The number of carbonyl (C=O) groups excluding carboxylic acids is 1. The van der Waals surface area contributed by atoms with E-state index in [0.29, 0.717) is 29.2 Å². The second kappa shape index (κ2) is 7.47. The van der Waals surface area contributed by atoms with Crippen LogP contribution in [0.25, 0.3) is 10.9 Å². The minimum Gasteiger partial charge on any atom is -0.369 e. The summed E-state index contributed by atoms with van der Waals surface area (Å²) in [6, 6.07) is 1.84. The number of unbranched alkanes of at least 4 members (excludes halogenated alkanes) is 1. The van der Waals surface area contributed by atoms with Gasteiger partial charge in [-0.3, -0.25) is 9.59 Å². The van der Waals surface area contributed by atoms with E-state index in [1.165, 1.54) is 0 Å². The number of fused-ring (bicyclic) bond motifs is 1. The zero-order chi connectivity index (χ0) is 21.6. The molecule has 2 aromatic rings. The Morgan fingerprint density at radius 1 is 1.26 bits per heavy atom. The van der Waals surface area contributed by atoms with Crippen LogP contribution in [0.2, 0.25) is 0 Å². The molecule has 0 spiro atoms. The first-order chi connectivity index (χ1) is 15.0. The van der Waals surface area contributed by atoms with E-state index in [1.54, 1.807) is 10.8 Å². The third-order valence-corrected chi connectivity index (χ3v) is 7.17. The van der Waals surface area contributed by atoms with Crippen molar-refractivity contribution >= 4 is 28.6 Å². The quantitative estimate of drug-likeness (QED) is 0.570. The number of nitrogens with two attached hydrogens (primary N) is 1. The van der Waals surface area contributed by atoms with E-state index >= 15 is 0 Å².